The lowest BCUT2D eigenvalue weighted by Gasteiger charge is -2.21. The number of nitrogens with one attached hydrogen (secondary N) is 1. The Kier molecular flexibility index (Phi) is 7.45. The van der Waals surface area contributed by atoms with Crippen LogP contribution in [0.3, 0.4) is 0 Å². The number of benzene rings is 2. The Hall–Kier alpha value is -4.13. The smallest absolute Gasteiger partial charge is 0.290 e. The summed E-state index contributed by atoms with van der Waals surface area (Å²) in [6.07, 6.45) is 3.15. The first-order valence-corrected chi connectivity index (χ1v) is 11.8. The van der Waals surface area contributed by atoms with Crippen molar-refractivity contribution in [3.05, 3.63) is 89.9 Å². The van der Waals surface area contributed by atoms with Gasteiger partial charge in [-0.15, -0.1) is 0 Å². The summed E-state index contributed by atoms with van der Waals surface area (Å²) in [4.78, 5) is 27.6. The predicted molar refractivity (Wildman–Crippen MR) is 137 cm³/mol. The number of carbonyl (C=O) groups is 2. The van der Waals surface area contributed by atoms with E-state index in [1.165, 1.54) is 11.2 Å². The summed E-state index contributed by atoms with van der Waals surface area (Å²) < 4.78 is 7.02. The van der Waals surface area contributed by atoms with Crippen LogP contribution in [-0.4, -0.2) is 39.6 Å². The first-order valence-electron chi connectivity index (χ1n) is 11.8. The average Bonchev–Trinajstić information content (AvgIpc) is 3.53. The van der Waals surface area contributed by atoms with Gasteiger partial charge < -0.3 is 14.6 Å². The molecule has 0 spiro atoms. The Labute approximate surface area is 205 Å². The third-order valence-corrected chi connectivity index (χ3v) is 5.76. The van der Waals surface area contributed by atoms with E-state index in [0.29, 0.717) is 12.4 Å². The third-order valence-electron chi connectivity index (χ3n) is 5.76. The van der Waals surface area contributed by atoms with Crippen LogP contribution in [-0.2, 0) is 4.79 Å². The van der Waals surface area contributed by atoms with E-state index in [9.17, 15) is 9.59 Å². The standard InChI is InChI=1S/C28H30N4O3/c1-4-5-15-31(28(34)25-12-9-16-35-25)19-27(33)29-26-18-23(22-10-7-6-8-11-22)30-32(26)24-14-13-20(2)17-21(24)3/h6-14,16-18H,4-5,15,19H2,1-3H3,(H,29,33). The number of aromatic nitrogens is 2. The maximum absolute atomic E-state index is 13.2. The van der Waals surface area contributed by atoms with Crippen LogP contribution in [0.1, 0.15) is 41.4 Å². The number of anilines is 1. The molecule has 0 unspecified atom stereocenters. The third kappa shape index (κ3) is 5.69. The van der Waals surface area contributed by atoms with E-state index in [-0.39, 0.29) is 24.1 Å². The first-order chi connectivity index (χ1) is 17.0. The van der Waals surface area contributed by atoms with Crippen LogP contribution >= 0.6 is 0 Å². The maximum atomic E-state index is 13.2. The Morgan fingerprint density at radius 1 is 1.03 bits per heavy atom. The van der Waals surface area contributed by atoms with Gasteiger partial charge in [-0.3, -0.25) is 9.59 Å². The fraction of sp³-hybridized carbons (Fsp3) is 0.250. The summed E-state index contributed by atoms with van der Waals surface area (Å²) in [5.74, 6) is 0.167. The predicted octanol–water partition coefficient (Wildman–Crippen LogP) is 5.63. The molecule has 2 amide bonds. The molecule has 0 saturated heterocycles. The maximum Gasteiger partial charge on any atom is 0.290 e. The summed E-state index contributed by atoms with van der Waals surface area (Å²) in [6, 6.07) is 21.1. The summed E-state index contributed by atoms with van der Waals surface area (Å²) >= 11 is 0. The van der Waals surface area contributed by atoms with Crippen LogP contribution < -0.4 is 5.32 Å². The molecule has 0 aliphatic carbocycles. The molecule has 2 aromatic heterocycles. The highest BCUT2D eigenvalue weighted by atomic mass is 16.3. The molecule has 0 aliphatic heterocycles. The van der Waals surface area contributed by atoms with Crippen LogP contribution in [0, 0.1) is 13.8 Å². The van der Waals surface area contributed by atoms with Gasteiger partial charge in [0.2, 0.25) is 5.91 Å². The molecule has 35 heavy (non-hydrogen) atoms. The molecule has 4 rings (SSSR count). The van der Waals surface area contributed by atoms with Crippen molar-refractivity contribution in [1.29, 1.82) is 0 Å². The van der Waals surface area contributed by atoms with E-state index in [0.717, 1.165) is 40.9 Å². The molecule has 1 N–H and O–H groups in total. The highest BCUT2D eigenvalue weighted by molar-refractivity contribution is 5.98. The van der Waals surface area contributed by atoms with Gasteiger partial charge >= 0.3 is 0 Å². The molecule has 0 atom stereocenters. The summed E-state index contributed by atoms with van der Waals surface area (Å²) in [5, 5.41) is 7.79. The molecule has 2 aromatic carbocycles. The number of hydrogen-bond acceptors (Lipinski definition) is 4. The number of unbranched alkanes of at least 4 members (excludes halogenated alkanes) is 1. The van der Waals surface area contributed by atoms with Gasteiger partial charge in [-0.05, 0) is 44.0 Å². The van der Waals surface area contributed by atoms with Gasteiger partial charge in [0.1, 0.15) is 12.4 Å². The number of rotatable bonds is 9. The van der Waals surface area contributed by atoms with Crippen LogP contribution in [0.4, 0.5) is 5.82 Å². The van der Waals surface area contributed by atoms with E-state index in [4.69, 9.17) is 9.52 Å². The average molecular weight is 471 g/mol. The monoisotopic (exact) mass is 470 g/mol. The molecular formula is C28H30N4O3. The van der Waals surface area contributed by atoms with Gasteiger partial charge in [-0.2, -0.15) is 5.10 Å². The van der Waals surface area contributed by atoms with E-state index < -0.39 is 0 Å². The minimum Gasteiger partial charge on any atom is -0.459 e. The Morgan fingerprint density at radius 2 is 1.83 bits per heavy atom. The molecule has 0 saturated carbocycles. The highest BCUT2D eigenvalue weighted by Crippen LogP contribution is 2.26. The Bertz CT molecular complexity index is 1290. The largest absolute Gasteiger partial charge is 0.459 e. The number of furan rings is 1. The Morgan fingerprint density at radius 3 is 2.51 bits per heavy atom. The van der Waals surface area contributed by atoms with Crippen molar-refractivity contribution in [3.8, 4) is 16.9 Å². The molecule has 0 bridgehead atoms. The lowest BCUT2D eigenvalue weighted by Crippen LogP contribution is -2.38. The summed E-state index contributed by atoms with van der Waals surface area (Å²) in [5.41, 5.74) is 4.76. The SMILES string of the molecule is CCCCN(CC(=O)Nc1cc(-c2ccccc2)nn1-c1ccc(C)cc1C)C(=O)c1ccco1. The van der Waals surface area contributed by atoms with E-state index >= 15 is 0 Å². The van der Waals surface area contributed by atoms with E-state index in [1.54, 1.807) is 16.8 Å². The van der Waals surface area contributed by atoms with Crippen molar-refractivity contribution in [1.82, 2.24) is 14.7 Å². The van der Waals surface area contributed by atoms with Crippen LogP contribution in [0.5, 0.6) is 0 Å². The van der Waals surface area contributed by atoms with Crippen molar-refractivity contribution < 1.29 is 14.0 Å². The minimum absolute atomic E-state index is 0.0851. The fourth-order valence-corrected chi connectivity index (χ4v) is 3.96. The molecule has 0 fully saturated rings. The Balaban J connectivity index is 1.63. The van der Waals surface area contributed by atoms with Crippen LogP contribution in [0.2, 0.25) is 0 Å². The van der Waals surface area contributed by atoms with E-state index in [1.807, 2.05) is 69.3 Å². The van der Waals surface area contributed by atoms with Gasteiger partial charge in [0.05, 0.1) is 17.6 Å². The van der Waals surface area contributed by atoms with Crippen molar-refractivity contribution in [2.75, 3.05) is 18.4 Å². The van der Waals surface area contributed by atoms with Gasteiger partial charge in [-0.1, -0.05) is 61.4 Å². The molecule has 7 heteroatoms. The normalized spacial score (nSPS) is 10.8. The second kappa shape index (κ2) is 10.9. The molecule has 2 heterocycles. The van der Waals surface area contributed by atoms with Crippen LogP contribution in [0.15, 0.2) is 77.4 Å². The topological polar surface area (TPSA) is 80.4 Å². The zero-order valence-corrected chi connectivity index (χ0v) is 20.3. The highest BCUT2D eigenvalue weighted by Gasteiger charge is 2.22. The second-order valence-electron chi connectivity index (χ2n) is 8.59. The molecule has 7 nitrogen and oxygen atoms in total. The molecule has 0 aliphatic rings. The molecule has 0 radical (unpaired) electrons. The summed E-state index contributed by atoms with van der Waals surface area (Å²) in [7, 11) is 0. The van der Waals surface area contributed by atoms with Crippen molar-refractivity contribution >= 4 is 17.6 Å². The van der Waals surface area contributed by atoms with Gasteiger partial charge in [0.15, 0.2) is 5.76 Å². The summed E-state index contributed by atoms with van der Waals surface area (Å²) in [6.45, 7) is 6.49. The quantitative estimate of drug-likeness (QED) is 0.344. The lowest BCUT2D eigenvalue weighted by molar-refractivity contribution is -0.117. The van der Waals surface area contributed by atoms with Gasteiger partial charge in [0.25, 0.3) is 5.91 Å². The number of aryl methyl sites for hydroxylation is 2. The van der Waals surface area contributed by atoms with Crippen LogP contribution in [0.25, 0.3) is 16.9 Å². The molecule has 4 aromatic rings. The number of nitrogens with zero attached hydrogens (tertiary/aromatic N) is 3. The minimum atomic E-state index is -0.300. The van der Waals surface area contributed by atoms with Gasteiger partial charge in [-0.25, -0.2) is 4.68 Å². The van der Waals surface area contributed by atoms with E-state index in [2.05, 4.69) is 11.4 Å². The molecule has 180 valence electrons. The first kappa shape index (κ1) is 24.0. The number of hydrogen-bond donors (Lipinski definition) is 1. The number of amides is 2. The lowest BCUT2D eigenvalue weighted by atomic mass is 10.1. The van der Waals surface area contributed by atoms with Gasteiger partial charge in [0, 0.05) is 18.2 Å². The fourth-order valence-electron chi connectivity index (χ4n) is 3.96. The van der Waals surface area contributed by atoms with Crippen molar-refractivity contribution in [2.45, 2.75) is 33.6 Å². The second-order valence-corrected chi connectivity index (χ2v) is 8.59. The zero-order valence-electron chi connectivity index (χ0n) is 20.3. The molecular weight excluding hydrogens is 440 g/mol. The van der Waals surface area contributed by atoms with Crippen molar-refractivity contribution in [2.24, 2.45) is 0 Å². The van der Waals surface area contributed by atoms with Crippen molar-refractivity contribution in [3.63, 3.8) is 0 Å². The zero-order chi connectivity index (χ0) is 24.8. The number of carbonyl (C=O) groups excluding carboxylic acids is 2.